The summed E-state index contributed by atoms with van der Waals surface area (Å²) in [5.74, 6) is -1.62. The third-order valence-electron chi connectivity index (χ3n) is 3.00. The molecule has 112 valence electrons. The Labute approximate surface area is 130 Å². The van der Waals surface area contributed by atoms with Crippen LogP contribution < -0.4 is 0 Å². The number of halogens is 1. The lowest BCUT2D eigenvalue weighted by molar-refractivity contribution is -0.384. The number of nitrogens with zero attached hydrogens (tertiary/aromatic N) is 1. The van der Waals surface area contributed by atoms with E-state index in [-0.39, 0.29) is 22.4 Å². The average Bonchev–Trinajstić information content (AvgIpc) is 2.47. The lowest BCUT2D eigenvalue weighted by Gasteiger charge is -2.07. The predicted molar refractivity (Wildman–Crippen MR) is 79.3 cm³/mol. The fraction of sp³-hybridized carbons (Fsp3) is 0.0667. The summed E-state index contributed by atoms with van der Waals surface area (Å²) in [6.07, 6.45) is -0.396. The Hall–Kier alpha value is -2.73. The lowest BCUT2D eigenvalue weighted by Crippen LogP contribution is -2.10. The van der Waals surface area contributed by atoms with E-state index < -0.39 is 23.1 Å². The van der Waals surface area contributed by atoms with Crippen molar-refractivity contribution in [2.75, 3.05) is 0 Å². The molecule has 0 atom stereocenters. The monoisotopic (exact) mass is 319 g/mol. The highest BCUT2D eigenvalue weighted by atomic mass is 35.5. The Bertz CT molecular complexity index is 755. The van der Waals surface area contributed by atoms with Gasteiger partial charge in [0.1, 0.15) is 0 Å². The van der Waals surface area contributed by atoms with Crippen LogP contribution in [0.25, 0.3) is 0 Å². The number of nitro groups is 1. The van der Waals surface area contributed by atoms with Crippen LogP contribution >= 0.6 is 11.6 Å². The van der Waals surface area contributed by atoms with Gasteiger partial charge in [0.2, 0.25) is 0 Å². The molecule has 0 amide bonds. The van der Waals surface area contributed by atoms with Gasteiger partial charge < -0.3 is 5.11 Å². The average molecular weight is 320 g/mol. The SMILES string of the molecule is O=C(O)Cc1ccc([N+](=O)[O-])cc1C(=O)c1ccc(Cl)cc1. The van der Waals surface area contributed by atoms with Crippen molar-refractivity contribution in [3.8, 4) is 0 Å². The van der Waals surface area contributed by atoms with Crippen LogP contribution in [0.15, 0.2) is 42.5 Å². The van der Waals surface area contributed by atoms with Gasteiger partial charge in [0.15, 0.2) is 5.78 Å². The van der Waals surface area contributed by atoms with Gasteiger partial charge in [0, 0.05) is 28.3 Å². The number of ketones is 1. The van der Waals surface area contributed by atoms with Crippen molar-refractivity contribution in [2.24, 2.45) is 0 Å². The van der Waals surface area contributed by atoms with Crippen LogP contribution in [-0.2, 0) is 11.2 Å². The molecule has 0 unspecified atom stereocenters. The van der Waals surface area contributed by atoms with E-state index in [4.69, 9.17) is 16.7 Å². The zero-order valence-corrected chi connectivity index (χ0v) is 11.9. The van der Waals surface area contributed by atoms with Gasteiger partial charge in [-0.1, -0.05) is 17.7 Å². The molecule has 0 saturated carbocycles. The number of non-ortho nitro benzene ring substituents is 1. The number of aliphatic carboxylic acids is 1. The quantitative estimate of drug-likeness (QED) is 0.518. The first-order valence-electron chi connectivity index (χ1n) is 6.18. The number of carboxylic acids is 1. The smallest absolute Gasteiger partial charge is 0.307 e. The molecule has 0 aliphatic heterocycles. The van der Waals surface area contributed by atoms with Gasteiger partial charge in [0.25, 0.3) is 5.69 Å². The molecular weight excluding hydrogens is 310 g/mol. The number of carbonyl (C=O) groups is 2. The molecule has 7 heteroatoms. The lowest BCUT2D eigenvalue weighted by atomic mass is 9.96. The van der Waals surface area contributed by atoms with Gasteiger partial charge >= 0.3 is 5.97 Å². The number of hydrogen-bond donors (Lipinski definition) is 1. The number of carbonyl (C=O) groups excluding carboxylic acids is 1. The zero-order chi connectivity index (χ0) is 16.3. The van der Waals surface area contributed by atoms with Gasteiger partial charge in [-0.05, 0) is 29.8 Å². The van der Waals surface area contributed by atoms with E-state index >= 15 is 0 Å². The van der Waals surface area contributed by atoms with Gasteiger partial charge in [0.05, 0.1) is 11.3 Å². The van der Waals surface area contributed by atoms with Crippen LogP contribution in [0.2, 0.25) is 5.02 Å². The topological polar surface area (TPSA) is 97.5 Å². The molecular formula is C15H10ClNO5. The van der Waals surface area contributed by atoms with Crippen molar-refractivity contribution in [1.29, 1.82) is 0 Å². The van der Waals surface area contributed by atoms with Crippen LogP contribution in [0.1, 0.15) is 21.5 Å². The maximum atomic E-state index is 12.5. The molecule has 2 rings (SSSR count). The first kappa shape index (κ1) is 15.7. The summed E-state index contributed by atoms with van der Waals surface area (Å²) >= 11 is 5.75. The first-order chi connectivity index (χ1) is 10.4. The molecule has 0 aliphatic carbocycles. The summed E-state index contributed by atoms with van der Waals surface area (Å²) in [6.45, 7) is 0. The van der Waals surface area contributed by atoms with Crippen molar-refractivity contribution in [2.45, 2.75) is 6.42 Å². The summed E-state index contributed by atoms with van der Waals surface area (Å²) in [5.41, 5.74) is 0.222. The third kappa shape index (κ3) is 3.48. The minimum Gasteiger partial charge on any atom is -0.481 e. The Morgan fingerprint density at radius 1 is 1.14 bits per heavy atom. The predicted octanol–water partition coefficient (Wildman–Crippen LogP) is 3.11. The number of benzene rings is 2. The summed E-state index contributed by atoms with van der Waals surface area (Å²) < 4.78 is 0. The standard InChI is InChI=1S/C15H10ClNO5/c16-11-4-1-9(2-5-11)15(20)13-8-12(17(21)22)6-3-10(13)7-14(18)19/h1-6,8H,7H2,(H,18,19). The molecule has 0 radical (unpaired) electrons. The maximum absolute atomic E-state index is 12.5. The second-order valence-electron chi connectivity index (χ2n) is 4.51. The Balaban J connectivity index is 2.51. The van der Waals surface area contributed by atoms with E-state index in [1.165, 1.54) is 36.4 Å². The highest BCUT2D eigenvalue weighted by molar-refractivity contribution is 6.30. The fourth-order valence-corrected chi connectivity index (χ4v) is 2.09. The van der Waals surface area contributed by atoms with Crippen LogP contribution in [-0.4, -0.2) is 21.8 Å². The van der Waals surface area contributed by atoms with E-state index in [9.17, 15) is 19.7 Å². The second kappa shape index (κ2) is 6.36. The van der Waals surface area contributed by atoms with Crippen LogP contribution in [0.4, 0.5) is 5.69 Å². The molecule has 0 aromatic heterocycles. The number of carboxylic acid groups (broad SMARTS) is 1. The molecule has 0 aliphatic rings. The zero-order valence-electron chi connectivity index (χ0n) is 11.2. The molecule has 22 heavy (non-hydrogen) atoms. The molecule has 2 aromatic carbocycles. The third-order valence-corrected chi connectivity index (χ3v) is 3.25. The van der Waals surface area contributed by atoms with Crippen LogP contribution in [0, 0.1) is 10.1 Å². The Morgan fingerprint density at radius 3 is 2.32 bits per heavy atom. The molecule has 0 fully saturated rings. The Morgan fingerprint density at radius 2 is 1.77 bits per heavy atom. The van der Waals surface area contributed by atoms with Crippen LogP contribution in [0.5, 0.6) is 0 Å². The largest absolute Gasteiger partial charge is 0.481 e. The van der Waals surface area contributed by atoms with E-state index in [1.807, 2.05) is 0 Å². The van der Waals surface area contributed by atoms with Crippen molar-refractivity contribution in [3.05, 3.63) is 74.3 Å². The summed E-state index contributed by atoms with van der Waals surface area (Å²) in [6, 6.07) is 9.55. The minimum atomic E-state index is -1.13. The van der Waals surface area contributed by atoms with E-state index in [0.717, 1.165) is 6.07 Å². The molecule has 0 saturated heterocycles. The highest BCUT2D eigenvalue weighted by Gasteiger charge is 2.19. The minimum absolute atomic E-state index is 0.000998. The molecule has 0 bridgehead atoms. The number of hydrogen-bond acceptors (Lipinski definition) is 4. The summed E-state index contributed by atoms with van der Waals surface area (Å²) in [7, 11) is 0. The Kier molecular flexibility index (Phi) is 4.53. The normalized spacial score (nSPS) is 10.2. The number of nitro benzene ring substituents is 1. The van der Waals surface area contributed by atoms with Gasteiger partial charge in [-0.15, -0.1) is 0 Å². The van der Waals surface area contributed by atoms with Crippen molar-refractivity contribution < 1.29 is 19.6 Å². The van der Waals surface area contributed by atoms with Crippen LogP contribution in [0.3, 0.4) is 0 Å². The van der Waals surface area contributed by atoms with E-state index in [0.29, 0.717) is 5.02 Å². The van der Waals surface area contributed by atoms with Gasteiger partial charge in [-0.2, -0.15) is 0 Å². The van der Waals surface area contributed by atoms with Crippen molar-refractivity contribution in [3.63, 3.8) is 0 Å². The molecule has 0 heterocycles. The van der Waals surface area contributed by atoms with E-state index in [2.05, 4.69) is 0 Å². The van der Waals surface area contributed by atoms with E-state index in [1.54, 1.807) is 0 Å². The molecule has 6 nitrogen and oxygen atoms in total. The first-order valence-corrected chi connectivity index (χ1v) is 6.55. The molecule has 2 aromatic rings. The second-order valence-corrected chi connectivity index (χ2v) is 4.94. The molecule has 0 spiro atoms. The highest BCUT2D eigenvalue weighted by Crippen LogP contribution is 2.22. The van der Waals surface area contributed by atoms with Gasteiger partial charge in [-0.25, -0.2) is 0 Å². The summed E-state index contributed by atoms with van der Waals surface area (Å²) in [4.78, 5) is 33.6. The maximum Gasteiger partial charge on any atom is 0.307 e. The van der Waals surface area contributed by atoms with Crippen molar-refractivity contribution >= 4 is 29.0 Å². The number of rotatable bonds is 5. The summed E-state index contributed by atoms with van der Waals surface area (Å²) in [5, 5.41) is 20.2. The molecule has 1 N–H and O–H groups in total. The van der Waals surface area contributed by atoms with Gasteiger partial charge in [-0.3, -0.25) is 19.7 Å². The fourth-order valence-electron chi connectivity index (χ4n) is 1.96. The van der Waals surface area contributed by atoms with Crippen molar-refractivity contribution in [1.82, 2.24) is 0 Å².